The van der Waals surface area contributed by atoms with E-state index in [0.717, 1.165) is 37.3 Å². The van der Waals surface area contributed by atoms with Crippen molar-refractivity contribution in [2.45, 2.75) is 13.1 Å². The van der Waals surface area contributed by atoms with Crippen molar-refractivity contribution >= 4 is 62.8 Å². The van der Waals surface area contributed by atoms with Crippen LogP contribution in [-0.4, -0.2) is 10.8 Å². The number of hydrogen-bond donors (Lipinski definition) is 1. The molecule has 0 saturated heterocycles. The second-order valence-corrected chi connectivity index (χ2v) is 9.29. The Bertz CT molecular complexity index is 1050. The van der Waals surface area contributed by atoms with E-state index < -0.39 is 0 Å². The van der Waals surface area contributed by atoms with Gasteiger partial charge in [-0.3, -0.25) is 4.79 Å². The molecule has 3 nitrogen and oxygen atoms in total. The number of fused-ring (bicyclic) bond motifs is 1. The third-order valence-electron chi connectivity index (χ3n) is 4.46. The normalized spacial score (nSPS) is 13.0. The SMILES string of the molecule is C=C(Nc1cccc2c1CN(Cc1cccc(I)c1)C2=O)c1ccc(Cl)s1. The molecule has 0 saturated carbocycles. The summed E-state index contributed by atoms with van der Waals surface area (Å²) in [4.78, 5) is 15.7. The van der Waals surface area contributed by atoms with Crippen LogP contribution < -0.4 is 5.32 Å². The molecule has 3 aromatic rings. The standard InChI is InChI=1S/C21H16ClIN2OS/c1-13(19-8-9-20(22)27-19)24-18-7-3-6-16-17(18)12-25(21(16)26)11-14-4-2-5-15(23)10-14/h2-10,24H,1,11-12H2. The number of carbonyl (C=O) groups is 1. The smallest absolute Gasteiger partial charge is 0.254 e. The molecule has 2 aromatic carbocycles. The number of hydrogen-bond acceptors (Lipinski definition) is 3. The summed E-state index contributed by atoms with van der Waals surface area (Å²) in [6.07, 6.45) is 0. The maximum Gasteiger partial charge on any atom is 0.254 e. The Morgan fingerprint density at radius 3 is 2.78 bits per heavy atom. The number of carbonyl (C=O) groups excluding carboxylic acids is 1. The van der Waals surface area contributed by atoms with Crippen molar-refractivity contribution in [3.8, 4) is 0 Å². The van der Waals surface area contributed by atoms with Gasteiger partial charge in [0.05, 0.1) is 9.21 Å². The highest BCUT2D eigenvalue weighted by Gasteiger charge is 2.29. The van der Waals surface area contributed by atoms with Gasteiger partial charge in [-0.05, 0) is 64.6 Å². The average Bonchev–Trinajstić information content (AvgIpc) is 3.20. The van der Waals surface area contributed by atoms with Gasteiger partial charge in [-0.25, -0.2) is 0 Å². The zero-order chi connectivity index (χ0) is 19.0. The van der Waals surface area contributed by atoms with Crippen LogP contribution in [0.2, 0.25) is 4.34 Å². The lowest BCUT2D eigenvalue weighted by atomic mass is 10.1. The Balaban J connectivity index is 1.56. The van der Waals surface area contributed by atoms with Crippen LogP contribution in [0.15, 0.2) is 61.2 Å². The molecule has 0 fully saturated rings. The Hall–Kier alpha value is -1.83. The fourth-order valence-electron chi connectivity index (χ4n) is 3.19. The highest BCUT2D eigenvalue weighted by atomic mass is 127. The lowest BCUT2D eigenvalue weighted by Gasteiger charge is -2.16. The molecule has 0 unspecified atom stereocenters. The fourth-order valence-corrected chi connectivity index (χ4v) is 4.77. The number of amides is 1. The van der Waals surface area contributed by atoms with Gasteiger partial charge in [0.2, 0.25) is 0 Å². The summed E-state index contributed by atoms with van der Waals surface area (Å²) >= 11 is 9.79. The van der Waals surface area contributed by atoms with E-state index in [1.54, 1.807) is 0 Å². The molecule has 6 heteroatoms. The minimum absolute atomic E-state index is 0.0669. The van der Waals surface area contributed by atoms with Crippen LogP contribution in [0.25, 0.3) is 5.70 Å². The summed E-state index contributed by atoms with van der Waals surface area (Å²) in [6, 6.07) is 17.8. The first-order valence-electron chi connectivity index (χ1n) is 8.38. The molecule has 1 N–H and O–H groups in total. The molecule has 1 aliphatic heterocycles. The van der Waals surface area contributed by atoms with Gasteiger partial charge in [0.15, 0.2) is 0 Å². The molecule has 0 spiro atoms. The zero-order valence-corrected chi connectivity index (χ0v) is 18.1. The quantitative estimate of drug-likeness (QED) is 0.415. The summed E-state index contributed by atoms with van der Waals surface area (Å²) in [7, 11) is 0. The van der Waals surface area contributed by atoms with E-state index >= 15 is 0 Å². The first kappa shape index (κ1) is 18.5. The van der Waals surface area contributed by atoms with Crippen molar-refractivity contribution in [1.82, 2.24) is 4.90 Å². The van der Waals surface area contributed by atoms with Crippen molar-refractivity contribution < 1.29 is 4.79 Å². The second kappa shape index (κ2) is 7.66. The second-order valence-electron chi connectivity index (χ2n) is 6.33. The summed E-state index contributed by atoms with van der Waals surface area (Å²) in [5, 5.41) is 3.36. The molecule has 1 amide bonds. The highest BCUT2D eigenvalue weighted by Crippen LogP contribution is 2.33. The zero-order valence-electron chi connectivity index (χ0n) is 14.3. The van der Waals surface area contributed by atoms with Crippen LogP contribution >= 0.6 is 45.5 Å². The first-order chi connectivity index (χ1) is 13.0. The van der Waals surface area contributed by atoms with Gasteiger partial charge >= 0.3 is 0 Å². The van der Waals surface area contributed by atoms with Crippen molar-refractivity contribution in [2.24, 2.45) is 0 Å². The summed E-state index contributed by atoms with van der Waals surface area (Å²) in [5.74, 6) is 0.0669. The summed E-state index contributed by atoms with van der Waals surface area (Å²) in [5.41, 5.74) is 4.60. The molecule has 0 atom stereocenters. The Morgan fingerprint density at radius 2 is 2.04 bits per heavy atom. The lowest BCUT2D eigenvalue weighted by molar-refractivity contribution is 0.0767. The van der Waals surface area contributed by atoms with Crippen LogP contribution in [0.4, 0.5) is 5.69 Å². The van der Waals surface area contributed by atoms with Crippen LogP contribution in [0, 0.1) is 3.57 Å². The van der Waals surface area contributed by atoms with Crippen molar-refractivity contribution in [1.29, 1.82) is 0 Å². The van der Waals surface area contributed by atoms with Gasteiger partial charge in [-0.1, -0.05) is 36.4 Å². The first-order valence-corrected chi connectivity index (χ1v) is 10.7. The fraction of sp³-hybridized carbons (Fsp3) is 0.0952. The minimum atomic E-state index is 0.0669. The van der Waals surface area contributed by atoms with Crippen LogP contribution in [0.3, 0.4) is 0 Å². The minimum Gasteiger partial charge on any atom is -0.355 e. The van der Waals surface area contributed by atoms with E-state index in [4.69, 9.17) is 11.6 Å². The number of anilines is 1. The molecule has 27 heavy (non-hydrogen) atoms. The predicted octanol–water partition coefficient (Wildman–Crippen LogP) is 6.24. The summed E-state index contributed by atoms with van der Waals surface area (Å²) in [6.45, 7) is 5.30. The largest absolute Gasteiger partial charge is 0.355 e. The molecular weight excluding hydrogens is 491 g/mol. The predicted molar refractivity (Wildman–Crippen MR) is 121 cm³/mol. The Morgan fingerprint density at radius 1 is 1.22 bits per heavy atom. The molecule has 4 rings (SSSR count). The Labute approximate surface area is 180 Å². The molecule has 0 radical (unpaired) electrons. The van der Waals surface area contributed by atoms with Gasteiger partial charge < -0.3 is 10.2 Å². The van der Waals surface area contributed by atoms with Crippen molar-refractivity contribution in [3.63, 3.8) is 0 Å². The van der Waals surface area contributed by atoms with Gasteiger partial charge in [0.25, 0.3) is 5.91 Å². The maximum absolute atomic E-state index is 12.9. The molecule has 0 bridgehead atoms. The van der Waals surface area contributed by atoms with Crippen LogP contribution in [0.5, 0.6) is 0 Å². The topological polar surface area (TPSA) is 32.3 Å². The number of nitrogens with one attached hydrogen (secondary N) is 1. The monoisotopic (exact) mass is 506 g/mol. The molecule has 2 heterocycles. The molecule has 1 aromatic heterocycles. The van der Waals surface area contributed by atoms with E-state index in [2.05, 4.69) is 52.7 Å². The van der Waals surface area contributed by atoms with Gasteiger partial charge in [-0.2, -0.15) is 0 Å². The number of halogens is 2. The van der Waals surface area contributed by atoms with Crippen molar-refractivity contribution in [2.75, 3.05) is 5.32 Å². The summed E-state index contributed by atoms with van der Waals surface area (Å²) < 4.78 is 1.90. The maximum atomic E-state index is 12.9. The molecule has 136 valence electrons. The number of rotatable bonds is 5. The van der Waals surface area contributed by atoms with Crippen molar-refractivity contribution in [3.05, 3.63) is 90.7 Å². The van der Waals surface area contributed by atoms with E-state index in [-0.39, 0.29) is 5.91 Å². The van der Waals surface area contributed by atoms with Crippen LogP contribution in [0.1, 0.15) is 26.4 Å². The van der Waals surface area contributed by atoms with Gasteiger partial charge in [0, 0.05) is 39.2 Å². The Kier molecular flexibility index (Phi) is 5.25. The molecule has 1 aliphatic rings. The highest BCUT2D eigenvalue weighted by molar-refractivity contribution is 14.1. The number of thiophene rings is 1. The van der Waals surface area contributed by atoms with Crippen LogP contribution in [-0.2, 0) is 13.1 Å². The van der Waals surface area contributed by atoms with E-state index in [9.17, 15) is 4.79 Å². The van der Waals surface area contributed by atoms with Gasteiger partial charge in [0.1, 0.15) is 0 Å². The van der Waals surface area contributed by atoms with E-state index in [1.807, 2.05) is 41.3 Å². The third kappa shape index (κ3) is 3.90. The number of nitrogens with zero attached hydrogens (tertiary/aromatic N) is 1. The number of benzene rings is 2. The third-order valence-corrected chi connectivity index (χ3v) is 6.42. The molecular formula is C21H16ClIN2OS. The van der Waals surface area contributed by atoms with E-state index in [1.165, 1.54) is 14.9 Å². The average molecular weight is 507 g/mol. The van der Waals surface area contributed by atoms with Gasteiger partial charge in [-0.15, -0.1) is 11.3 Å². The lowest BCUT2D eigenvalue weighted by Crippen LogP contribution is -2.23. The van der Waals surface area contributed by atoms with E-state index in [0.29, 0.717) is 13.1 Å². The molecule has 0 aliphatic carbocycles.